The van der Waals surface area contributed by atoms with Gasteiger partial charge in [-0.05, 0) is 23.6 Å². The molecular weight excluding hydrogens is 298 g/mol. The molecule has 1 aromatic carbocycles. The van der Waals surface area contributed by atoms with Crippen LogP contribution in [0.25, 0.3) is 22.6 Å². The molecule has 4 rings (SSSR count). The minimum absolute atomic E-state index is 0.0447. The van der Waals surface area contributed by atoms with E-state index in [2.05, 4.69) is 15.5 Å². The second kappa shape index (κ2) is 5.06. The molecule has 6 heteroatoms. The molecule has 110 valence electrons. The summed E-state index contributed by atoms with van der Waals surface area (Å²) in [6.07, 6.45) is 0.452. The number of nitrogens with zero attached hydrogens (tertiary/aromatic N) is 2. The van der Waals surface area contributed by atoms with E-state index in [1.54, 1.807) is 11.3 Å². The molecule has 1 aliphatic rings. The van der Waals surface area contributed by atoms with E-state index >= 15 is 0 Å². The number of hydrogen-bond acceptors (Lipinski definition) is 5. The van der Waals surface area contributed by atoms with Crippen molar-refractivity contribution in [3.8, 4) is 11.5 Å². The van der Waals surface area contributed by atoms with Gasteiger partial charge in [0.1, 0.15) is 5.52 Å². The Bertz CT molecular complexity index is 880. The summed E-state index contributed by atoms with van der Waals surface area (Å²) in [5.74, 6) is 0.669. The van der Waals surface area contributed by atoms with Crippen LogP contribution in [0.4, 0.5) is 0 Å². The first kappa shape index (κ1) is 13.2. The van der Waals surface area contributed by atoms with Gasteiger partial charge in [-0.15, -0.1) is 0 Å². The van der Waals surface area contributed by atoms with Crippen molar-refractivity contribution in [3.63, 3.8) is 0 Å². The van der Waals surface area contributed by atoms with E-state index in [4.69, 9.17) is 4.42 Å². The minimum atomic E-state index is -0.0447. The van der Waals surface area contributed by atoms with E-state index in [1.165, 1.54) is 0 Å². The van der Waals surface area contributed by atoms with Crippen LogP contribution in [-0.2, 0) is 4.79 Å². The number of nitrogens with one attached hydrogen (secondary N) is 1. The maximum Gasteiger partial charge on any atom is 0.240 e. The van der Waals surface area contributed by atoms with E-state index in [-0.39, 0.29) is 11.8 Å². The highest BCUT2D eigenvalue weighted by atomic mass is 32.1. The molecule has 1 aliphatic heterocycles. The number of amides is 1. The smallest absolute Gasteiger partial charge is 0.240 e. The molecule has 3 aromatic rings. The molecule has 0 spiro atoms. The van der Waals surface area contributed by atoms with Crippen molar-refractivity contribution >= 4 is 34.1 Å². The van der Waals surface area contributed by atoms with Crippen LogP contribution in [0.1, 0.15) is 18.9 Å². The maximum absolute atomic E-state index is 11.4. The summed E-state index contributed by atoms with van der Waals surface area (Å²) in [5.41, 5.74) is 6.89. The number of aromatic nitrogens is 1. The number of hydrogen-bond donors (Lipinski definition) is 1. The SMILES string of the molecule is CC1CC(=O)NN=C1c1ccc2nc(-c3ccsc3)oc2c1. The Balaban J connectivity index is 1.76. The van der Waals surface area contributed by atoms with E-state index in [0.717, 1.165) is 27.9 Å². The predicted octanol–water partition coefficient (Wildman–Crippen LogP) is 3.42. The summed E-state index contributed by atoms with van der Waals surface area (Å²) in [6.45, 7) is 2.00. The van der Waals surface area contributed by atoms with Gasteiger partial charge in [0.05, 0.1) is 5.71 Å². The molecule has 1 N–H and O–H groups in total. The Morgan fingerprint density at radius 2 is 2.23 bits per heavy atom. The van der Waals surface area contributed by atoms with Crippen molar-refractivity contribution in [3.05, 3.63) is 40.6 Å². The van der Waals surface area contributed by atoms with Gasteiger partial charge < -0.3 is 4.42 Å². The third-order valence-corrected chi connectivity index (χ3v) is 4.39. The highest BCUT2D eigenvalue weighted by molar-refractivity contribution is 7.08. The van der Waals surface area contributed by atoms with Crippen molar-refractivity contribution in [1.82, 2.24) is 10.4 Å². The van der Waals surface area contributed by atoms with Gasteiger partial charge in [0.15, 0.2) is 5.58 Å². The number of oxazole rings is 1. The highest BCUT2D eigenvalue weighted by Crippen LogP contribution is 2.27. The van der Waals surface area contributed by atoms with Crippen LogP contribution in [0.5, 0.6) is 0 Å². The third-order valence-electron chi connectivity index (χ3n) is 3.71. The first-order valence-electron chi connectivity index (χ1n) is 7.00. The largest absolute Gasteiger partial charge is 0.436 e. The Morgan fingerprint density at radius 1 is 1.32 bits per heavy atom. The van der Waals surface area contributed by atoms with Gasteiger partial charge in [0.2, 0.25) is 11.8 Å². The standard InChI is InChI=1S/C16H13N3O2S/c1-9-6-14(20)18-19-15(9)10-2-3-12-13(7-10)21-16(17-12)11-4-5-22-8-11/h2-5,7-9H,6H2,1H3,(H,18,20). The lowest BCUT2D eigenvalue weighted by Crippen LogP contribution is -2.31. The first-order valence-corrected chi connectivity index (χ1v) is 7.95. The van der Waals surface area contributed by atoms with Crippen LogP contribution in [-0.4, -0.2) is 16.6 Å². The zero-order valence-corrected chi connectivity index (χ0v) is 12.7. The fourth-order valence-electron chi connectivity index (χ4n) is 2.60. The lowest BCUT2D eigenvalue weighted by molar-refractivity contribution is -0.121. The fourth-order valence-corrected chi connectivity index (χ4v) is 3.23. The van der Waals surface area contributed by atoms with Gasteiger partial charge in [0.25, 0.3) is 0 Å². The van der Waals surface area contributed by atoms with Gasteiger partial charge in [-0.3, -0.25) is 4.79 Å². The first-order chi connectivity index (χ1) is 10.7. The Morgan fingerprint density at radius 3 is 3.00 bits per heavy atom. The molecule has 1 unspecified atom stereocenters. The molecule has 1 atom stereocenters. The molecule has 0 bridgehead atoms. The number of carbonyl (C=O) groups excluding carboxylic acids is 1. The summed E-state index contributed by atoms with van der Waals surface area (Å²) >= 11 is 1.61. The second-order valence-corrected chi connectivity index (χ2v) is 6.13. The molecule has 0 aliphatic carbocycles. The average Bonchev–Trinajstić information content (AvgIpc) is 3.15. The summed E-state index contributed by atoms with van der Waals surface area (Å²) < 4.78 is 5.85. The Labute approximate surface area is 130 Å². The molecular formula is C16H13N3O2S. The van der Waals surface area contributed by atoms with Gasteiger partial charge in [-0.2, -0.15) is 16.4 Å². The van der Waals surface area contributed by atoms with Crippen LogP contribution in [0.3, 0.4) is 0 Å². The van der Waals surface area contributed by atoms with E-state index in [1.807, 2.05) is 41.9 Å². The van der Waals surface area contributed by atoms with Crippen LogP contribution in [0.2, 0.25) is 0 Å². The van der Waals surface area contributed by atoms with E-state index < -0.39 is 0 Å². The molecule has 1 amide bonds. The molecule has 0 saturated heterocycles. The monoisotopic (exact) mass is 311 g/mol. The van der Waals surface area contributed by atoms with Gasteiger partial charge in [-0.1, -0.05) is 13.0 Å². The molecule has 0 fully saturated rings. The van der Waals surface area contributed by atoms with Gasteiger partial charge in [0, 0.05) is 28.8 Å². The van der Waals surface area contributed by atoms with Crippen molar-refractivity contribution < 1.29 is 9.21 Å². The quantitative estimate of drug-likeness (QED) is 0.788. The van der Waals surface area contributed by atoms with Crippen LogP contribution >= 0.6 is 11.3 Å². The summed E-state index contributed by atoms with van der Waals surface area (Å²) in [6, 6.07) is 7.81. The summed E-state index contributed by atoms with van der Waals surface area (Å²) in [5, 5.41) is 8.19. The maximum atomic E-state index is 11.4. The van der Waals surface area contributed by atoms with Crippen LogP contribution < -0.4 is 5.43 Å². The van der Waals surface area contributed by atoms with E-state index in [9.17, 15) is 4.79 Å². The lowest BCUT2D eigenvalue weighted by atomic mass is 9.94. The summed E-state index contributed by atoms with van der Waals surface area (Å²) in [7, 11) is 0. The third kappa shape index (κ3) is 2.21. The predicted molar refractivity (Wildman–Crippen MR) is 85.8 cm³/mol. The van der Waals surface area contributed by atoms with Crippen molar-refractivity contribution in [2.75, 3.05) is 0 Å². The number of benzene rings is 1. The second-order valence-electron chi connectivity index (χ2n) is 5.35. The summed E-state index contributed by atoms with van der Waals surface area (Å²) in [4.78, 5) is 15.9. The van der Waals surface area contributed by atoms with Gasteiger partial charge >= 0.3 is 0 Å². The highest BCUT2D eigenvalue weighted by Gasteiger charge is 2.22. The van der Waals surface area contributed by atoms with Crippen LogP contribution in [0.15, 0.2) is 44.5 Å². The number of thiophene rings is 1. The fraction of sp³-hybridized carbons (Fsp3) is 0.188. The molecule has 2 aromatic heterocycles. The molecule has 0 radical (unpaired) electrons. The molecule has 5 nitrogen and oxygen atoms in total. The topological polar surface area (TPSA) is 67.5 Å². The van der Waals surface area contributed by atoms with E-state index in [0.29, 0.717) is 12.3 Å². The Kier molecular flexibility index (Phi) is 3.04. The van der Waals surface area contributed by atoms with Crippen molar-refractivity contribution in [1.29, 1.82) is 0 Å². The lowest BCUT2D eigenvalue weighted by Gasteiger charge is -2.18. The van der Waals surface area contributed by atoms with Crippen molar-refractivity contribution in [2.24, 2.45) is 11.0 Å². The van der Waals surface area contributed by atoms with Crippen LogP contribution in [0, 0.1) is 5.92 Å². The average molecular weight is 311 g/mol. The number of rotatable bonds is 2. The zero-order valence-electron chi connectivity index (χ0n) is 11.9. The molecule has 0 saturated carbocycles. The minimum Gasteiger partial charge on any atom is -0.436 e. The number of fused-ring (bicyclic) bond motifs is 1. The zero-order chi connectivity index (χ0) is 15.1. The molecule has 3 heterocycles. The Hall–Kier alpha value is -2.47. The number of carbonyl (C=O) groups is 1. The normalized spacial score (nSPS) is 18.3. The van der Waals surface area contributed by atoms with Crippen molar-refractivity contribution in [2.45, 2.75) is 13.3 Å². The molecule has 22 heavy (non-hydrogen) atoms. The van der Waals surface area contributed by atoms with Gasteiger partial charge in [-0.25, -0.2) is 10.4 Å². The number of hydrazone groups is 1.